The molecule has 0 radical (unpaired) electrons. The molecule has 1 aliphatic heterocycles. The molecule has 7 atom stereocenters. The zero-order valence-corrected chi connectivity index (χ0v) is 36.4. The largest absolute Gasteiger partial charge is 0.455 e. The molecule has 2 aromatic carbocycles. The van der Waals surface area contributed by atoms with Crippen molar-refractivity contribution < 1.29 is 37.7 Å². The first kappa shape index (κ1) is 45.4. The predicted octanol–water partition coefficient (Wildman–Crippen LogP) is 8.51. The maximum Gasteiger partial charge on any atom is 0.309 e. The summed E-state index contributed by atoms with van der Waals surface area (Å²) in [4.78, 5) is 30.8. The lowest BCUT2D eigenvalue weighted by atomic mass is 9.95. The van der Waals surface area contributed by atoms with Crippen LogP contribution in [0.4, 0.5) is 0 Å². The van der Waals surface area contributed by atoms with E-state index < -0.39 is 44.6 Å². The molecule has 0 fully saturated rings. The number of methoxy groups -OCH3 is 1. The van der Waals surface area contributed by atoms with Gasteiger partial charge in [0.2, 0.25) is 5.89 Å². The van der Waals surface area contributed by atoms with Crippen LogP contribution >= 0.6 is 0 Å². The molecule has 9 nitrogen and oxygen atoms in total. The summed E-state index contributed by atoms with van der Waals surface area (Å²) in [5, 5.41) is 13.2. The molecule has 0 saturated heterocycles. The van der Waals surface area contributed by atoms with Crippen molar-refractivity contribution >= 4 is 36.7 Å². The molecule has 2 heterocycles. The van der Waals surface area contributed by atoms with E-state index in [4.69, 9.17) is 28.0 Å². The number of aliphatic hydroxyl groups is 1. The molecular formula is C47H63NO8Si. The third-order valence-electron chi connectivity index (χ3n) is 10.7. The van der Waals surface area contributed by atoms with Crippen LogP contribution in [0, 0.1) is 23.7 Å². The van der Waals surface area contributed by atoms with Crippen LogP contribution in [0.25, 0.3) is 6.08 Å². The number of carbonyl (C=O) groups excluding carboxylic acids is 2. The highest BCUT2D eigenvalue weighted by Gasteiger charge is 2.51. The topological polar surface area (TPSA) is 117 Å². The van der Waals surface area contributed by atoms with Gasteiger partial charge in [-0.05, 0) is 66.9 Å². The van der Waals surface area contributed by atoms with Crippen LogP contribution in [-0.2, 0) is 28.2 Å². The number of cyclic esters (lactones) is 1. The van der Waals surface area contributed by atoms with Gasteiger partial charge in [0.1, 0.15) is 18.1 Å². The number of hydrogen-bond acceptors (Lipinski definition) is 9. The average Bonchev–Trinajstić information content (AvgIpc) is 3.62. The van der Waals surface area contributed by atoms with Crippen LogP contribution in [-0.4, -0.2) is 61.9 Å². The first-order valence-electron chi connectivity index (χ1n) is 20.2. The smallest absolute Gasteiger partial charge is 0.309 e. The van der Waals surface area contributed by atoms with Crippen molar-refractivity contribution in [3.05, 3.63) is 96.2 Å². The van der Waals surface area contributed by atoms with E-state index in [1.54, 1.807) is 13.4 Å². The fraction of sp³-hybridized carbons (Fsp3) is 0.511. The van der Waals surface area contributed by atoms with Gasteiger partial charge in [0, 0.05) is 45.0 Å². The van der Waals surface area contributed by atoms with Crippen molar-refractivity contribution in [2.45, 2.75) is 136 Å². The third kappa shape index (κ3) is 12.9. The number of benzene rings is 2. The summed E-state index contributed by atoms with van der Waals surface area (Å²) in [6.07, 6.45) is 3.75. The van der Waals surface area contributed by atoms with E-state index in [1.807, 2.05) is 45.9 Å². The van der Waals surface area contributed by atoms with Crippen LogP contribution in [0.5, 0.6) is 0 Å². The molecule has 4 rings (SSSR count). The molecule has 57 heavy (non-hydrogen) atoms. The monoisotopic (exact) mass is 797 g/mol. The second-order valence-corrected chi connectivity index (χ2v) is 20.9. The molecule has 1 aromatic heterocycles. The number of hydrogen-bond donors (Lipinski definition) is 1. The molecule has 0 unspecified atom stereocenters. The number of rotatable bonds is 9. The molecule has 0 spiro atoms. The van der Waals surface area contributed by atoms with E-state index in [1.165, 1.54) is 6.92 Å². The maximum atomic E-state index is 14.0. The zero-order valence-electron chi connectivity index (χ0n) is 35.4. The van der Waals surface area contributed by atoms with Gasteiger partial charge in [0.25, 0.3) is 8.32 Å². The summed E-state index contributed by atoms with van der Waals surface area (Å²) < 4.78 is 31.1. The van der Waals surface area contributed by atoms with Gasteiger partial charge in [-0.15, -0.1) is 0 Å². The van der Waals surface area contributed by atoms with Crippen molar-refractivity contribution in [1.29, 1.82) is 0 Å². The minimum atomic E-state index is -3.07. The molecule has 0 aliphatic carbocycles. The molecule has 1 aliphatic rings. The SMILES string of the molecule is C=C1C[C@H](O)CCC[C@H](O[Si](c2ccccc2)(c2ccccc2)C(C)(C)C)C[C@@H](c2coc(/C=C(/C)[C@@H](C)OC)n2)OC(=O)[C@@H](C)C[C@H](C)C#C[C@@H](OC(C)=O)C1. The Bertz CT molecular complexity index is 1810. The highest BCUT2D eigenvalue weighted by Crippen LogP contribution is 2.40. The second kappa shape index (κ2) is 20.9. The van der Waals surface area contributed by atoms with Crippen molar-refractivity contribution in [3.8, 4) is 11.8 Å². The second-order valence-electron chi connectivity index (χ2n) is 16.6. The van der Waals surface area contributed by atoms with E-state index in [9.17, 15) is 14.7 Å². The fourth-order valence-electron chi connectivity index (χ4n) is 7.51. The Hall–Kier alpha value is -4.27. The average molecular weight is 798 g/mol. The number of oxazole rings is 1. The van der Waals surface area contributed by atoms with E-state index in [-0.39, 0.29) is 23.0 Å². The van der Waals surface area contributed by atoms with Gasteiger partial charge in [0.15, 0.2) is 6.10 Å². The number of aliphatic hydroxyl groups excluding tert-OH is 1. The van der Waals surface area contributed by atoms with Crippen LogP contribution in [0.15, 0.2) is 89.1 Å². The number of nitrogens with zero attached hydrogens (tertiary/aromatic N) is 1. The van der Waals surface area contributed by atoms with Gasteiger partial charge in [-0.25, -0.2) is 4.98 Å². The maximum absolute atomic E-state index is 14.0. The van der Waals surface area contributed by atoms with Crippen molar-refractivity contribution in [2.75, 3.05) is 7.11 Å². The lowest BCUT2D eigenvalue weighted by Gasteiger charge is -2.45. The van der Waals surface area contributed by atoms with Gasteiger partial charge in [-0.2, -0.15) is 0 Å². The van der Waals surface area contributed by atoms with Gasteiger partial charge >= 0.3 is 11.9 Å². The number of ether oxygens (including phenoxy) is 3. The van der Waals surface area contributed by atoms with E-state index in [0.29, 0.717) is 56.5 Å². The Morgan fingerprint density at radius 2 is 1.63 bits per heavy atom. The van der Waals surface area contributed by atoms with Crippen molar-refractivity contribution in [3.63, 3.8) is 0 Å². The highest BCUT2D eigenvalue weighted by atomic mass is 28.4. The Balaban J connectivity index is 1.83. The van der Waals surface area contributed by atoms with Gasteiger partial charge < -0.3 is 28.2 Å². The van der Waals surface area contributed by atoms with Gasteiger partial charge in [0.05, 0.1) is 18.1 Å². The normalized spacial score (nSPS) is 24.3. The molecule has 3 aromatic rings. The summed E-state index contributed by atoms with van der Waals surface area (Å²) in [5.41, 5.74) is 2.17. The summed E-state index contributed by atoms with van der Waals surface area (Å²) in [6.45, 7) is 19.9. The first-order valence-corrected chi connectivity index (χ1v) is 22.1. The lowest BCUT2D eigenvalue weighted by molar-refractivity contribution is -0.156. The Kier molecular flexibility index (Phi) is 16.7. The van der Waals surface area contributed by atoms with Crippen LogP contribution in [0.2, 0.25) is 5.04 Å². The molecule has 1 N–H and O–H groups in total. The summed E-state index contributed by atoms with van der Waals surface area (Å²) in [5.74, 6) is 5.11. The van der Waals surface area contributed by atoms with Gasteiger partial charge in [-0.3, -0.25) is 9.59 Å². The molecular weight excluding hydrogens is 735 g/mol. The third-order valence-corrected chi connectivity index (χ3v) is 15.8. The minimum Gasteiger partial charge on any atom is -0.455 e. The fourth-order valence-corrected chi connectivity index (χ4v) is 12.2. The Labute approximate surface area is 341 Å². The number of carbonyl (C=O) groups is 2. The molecule has 0 bridgehead atoms. The summed E-state index contributed by atoms with van der Waals surface area (Å²) >= 11 is 0. The lowest BCUT2D eigenvalue weighted by Crippen LogP contribution is -2.67. The van der Waals surface area contributed by atoms with E-state index >= 15 is 0 Å². The van der Waals surface area contributed by atoms with E-state index in [2.05, 4.69) is 87.7 Å². The Morgan fingerprint density at radius 1 is 1.00 bits per heavy atom. The molecule has 0 saturated carbocycles. The van der Waals surface area contributed by atoms with Crippen LogP contribution in [0.3, 0.4) is 0 Å². The zero-order chi connectivity index (χ0) is 41.8. The van der Waals surface area contributed by atoms with Gasteiger partial charge in [-0.1, -0.05) is 119 Å². The number of aromatic nitrogens is 1. The van der Waals surface area contributed by atoms with Crippen molar-refractivity contribution in [1.82, 2.24) is 4.98 Å². The summed E-state index contributed by atoms with van der Waals surface area (Å²) in [7, 11) is -1.42. The molecule has 10 heteroatoms. The standard InChI is InChI=1S/C47H63NO8Si/c1-32-24-25-39(54-37(6)49)28-33(2)27-38(50)18-17-19-40(56-57(47(7,8)9,41-20-13-11-14-21-41)42-22-15-12-16-23-42)30-44(55-46(51)35(4)26-32)43-31-53-45(48-43)29-34(3)36(5)52-10/h11-16,20-23,29,31-32,35-36,38-40,44,50H,2,17-19,26-28,30H2,1,3-10H3/b34-29-/t32-,35+,36-,38-,39-,40+,44+/m1/s1. The van der Waals surface area contributed by atoms with E-state index in [0.717, 1.165) is 21.5 Å². The highest BCUT2D eigenvalue weighted by molar-refractivity contribution is 6.99. The predicted molar refractivity (Wildman–Crippen MR) is 227 cm³/mol. The van der Waals surface area contributed by atoms with Crippen molar-refractivity contribution in [2.24, 2.45) is 11.8 Å². The number of esters is 2. The first-order chi connectivity index (χ1) is 27.0. The molecule has 0 amide bonds. The van der Waals surface area contributed by atoms with Crippen LogP contribution < -0.4 is 10.4 Å². The quantitative estimate of drug-likeness (QED) is 0.0985. The summed E-state index contributed by atoms with van der Waals surface area (Å²) in [6, 6.07) is 20.9. The molecule has 308 valence electrons. The van der Waals surface area contributed by atoms with Crippen LogP contribution in [0.1, 0.15) is 118 Å². The minimum absolute atomic E-state index is 0.138. The Morgan fingerprint density at radius 3 is 2.21 bits per heavy atom.